The van der Waals surface area contributed by atoms with Crippen LogP contribution in [0, 0.1) is 0 Å². The van der Waals surface area contributed by atoms with Crippen molar-refractivity contribution in [2.24, 2.45) is 0 Å². The van der Waals surface area contributed by atoms with Crippen LogP contribution in [0.5, 0.6) is 11.7 Å². The molecule has 5 heteroatoms. The number of carbonyl (C=O) groups is 1. The Morgan fingerprint density at radius 2 is 2.19 bits per heavy atom. The number of aromatic hydroxyl groups is 1. The summed E-state index contributed by atoms with van der Waals surface area (Å²) in [6, 6.07) is 5.94. The van der Waals surface area contributed by atoms with Gasteiger partial charge in [0.15, 0.2) is 0 Å². The third-order valence-electron chi connectivity index (χ3n) is 1.99. The number of phenolic OH excluding ortho intramolecular Hbond substituents is 1. The number of fused-ring (bicyclic) bond motifs is 1. The first-order chi connectivity index (χ1) is 7.58. The second-order valence-electron chi connectivity index (χ2n) is 3.19. The van der Waals surface area contributed by atoms with Gasteiger partial charge in [-0.05, 0) is 11.5 Å². The predicted molar refractivity (Wildman–Crippen MR) is 55.5 cm³/mol. The molecule has 0 saturated carbocycles. The monoisotopic (exact) mass is 220 g/mol. The molecule has 0 saturated heterocycles. The van der Waals surface area contributed by atoms with Gasteiger partial charge in [-0.2, -0.15) is 0 Å². The zero-order chi connectivity index (χ0) is 11.7. The molecule has 0 spiro atoms. The molecule has 2 aromatic rings. The molecule has 16 heavy (non-hydrogen) atoms. The van der Waals surface area contributed by atoms with E-state index in [2.05, 4.69) is 4.74 Å². The van der Waals surface area contributed by atoms with Crippen molar-refractivity contribution in [3.8, 4) is 11.7 Å². The van der Waals surface area contributed by atoms with Gasteiger partial charge >= 0.3 is 11.6 Å². The largest absolute Gasteiger partial charge is 0.507 e. The minimum Gasteiger partial charge on any atom is -0.507 e. The molecule has 5 nitrogen and oxygen atoms in total. The van der Waals surface area contributed by atoms with Gasteiger partial charge in [0.25, 0.3) is 5.95 Å². The van der Waals surface area contributed by atoms with E-state index < -0.39 is 11.6 Å². The molecule has 1 aromatic heterocycles. The topological polar surface area (TPSA) is 76.7 Å². The van der Waals surface area contributed by atoms with Gasteiger partial charge in [-0.15, -0.1) is 0 Å². The fourth-order valence-corrected chi connectivity index (χ4v) is 1.39. The number of ether oxygens (including phenoxy) is 1. The third kappa shape index (κ3) is 1.75. The number of phenols is 1. The van der Waals surface area contributed by atoms with Crippen LogP contribution in [0.2, 0.25) is 0 Å². The second-order valence-corrected chi connectivity index (χ2v) is 3.19. The van der Waals surface area contributed by atoms with Crippen molar-refractivity contribution in [1.82, 2.24) is 0 Å². The van der Waals surface area contributed by atoms with E-state index >= 15 is 0 Å². The van der Waals surface area contributed by atoms with Gasteiger partial charge in [0.05, 0.1) is 0 Å². The Hall–Kier alpha value is -2.30. The molecule has 0 aliphatic heterocycles. The van der Waals surface area contributed by atoms with Crippen LogP contribution in [0.1, 0.15) is 6.92 Å². The molecule has 0 unspecified atom stereocenters. The molecule has 1 N–H and O–H groups in total. The van der Waals surface area contributed by atoms with Gasteiger partial charge in [0.1, 0.15) is 11.1 Å². The van der Waals surface area contributed by atoms with Crippen LogP contribution in [0.25, 0.3) is 10.8 Å². The van der Waals surface area contributed by atoms with Gasteiger partial charge in [0.2, 0.25) is 0 Å². The lowest BCUT2D eigenvalue weighted by Gasteiger charge is -2.02. The predicted octanol–water partition coefficient (Wildman–Crippen LogP) is 1.42. The smallest absolute Gasteiger partial charge is 0.350 e. The van der Waals surface area contributed by atoms with E-state index in [0.29, 0.717) is 5.39 Å². The molecule has 0 aliphatic carbocycles. The summed E-state index contributed by atoms with van der Waals surface area (Å²) < 4.78 is 9.38. The van der Waals surface area contributed by atoms with Crippen LogP contribution < -0.4 is 10.4 Å². The number of hydrogen-bond donors (Lipinski definition) is 1. The maximum absolute atomic E-state index is 11.5. The summed E-state index contributed by atoms with van der Waals surface area (Å²) in [5, 5.41) is 9.98. The zero-order valence-electron chi connectivity index (χ0n) is 8.39. The summed E-state index contributed by atoms with van der Waals surface area (Å²) in [6.45, 7) is 1.20. The van der Waals surface area contributed by atoms with E-state index in [9.17, 15) is 14.7 Å². The highest BCUT2D eigenvalue weighted by atomic mass is 16.6. The minimum atomic E-state index is -0.744. The first-order valence-electron chi connectivity index (χ1n) is 4.52. The fourth-order valence-electron chi connectivity index (χ4n) is 1.39. The average Bonchev–Trinajstić information content (AvgIpc) is 2.15. The molecule has 0 bridgehead atoms. The van der Waals surface area contributed by atoms with Crippen molar-refractivity contribution < 1.29 is 19.1 Å². The lowest BCUT2D eigenvalue weighted by molar-refractivity contribution is -0.133. The molecule has 2 rings (SSSR count). The number of carbonyl (C=O) groups excluding carboxylic acids is 1. The SMILES string of the molecule is CC(=O)Oc1cc2cccc(O)c2c(=O)o1. The molecule has 0 aliphatic rings. The van der Waals surface area contributed by atoms with Crippen LogP contribution in [-0.4, -0.2) is 11.1 Å². The van der Waals surface area contributed by atoms with Crippen molar-refractivity contribution in [3.05, 3.63) is 34.7 Å². The Labute approximate surface area is 89.9 Å². The fraction of sp³-hybridized carbons (Fsp3) is 0.0909. The molecule has 82 valence electrons. The second kappa shape index (κ2) is 3.69. The van der Waals surface area contributed by atoms with E-state index in [1.807, 2.05) is 0 Å². The molecule has 0 amide bonds. The van der Waals surface area contributed by atoms with Gasteiger partial charge < -0.3 is 14.3 Å². The summed E-state index contributed by atoms with van der Waals surface area (Å²) >= 11 is 0. The summed E-state index contributed by atoms with van der Waals surface area (Å²) in [4.78, 5) is 22.2. The Kier molecular flexibility index (Phi) is 2.36. The molecule has 1 heterocycles. The maximum atomic E-state index is 11.5. The highest BCUT2D eigenvalue weighted by molar-refractivity contribution is 5.87. The van der Waals surface area contributed by atoms with Gasteiger partial charge in [0, 0.05) is 13.0 Å². The Balaban J connectivity index is 2.69. The average molecular weight is 220 g/mol. The van der Waals surface area contributed by atoms with E-state index in [-0.39, 0.29) is 17.1 Å². The van der Waals surface area contributed by atoms with Crippen LogP contribution in [0.4, 0.5) is 0 Å². The van der Waals surface area contributed by atoms with Crippen molar-refractivity contribution in [2.75, 3.05) is 0 Å². The third-order valence-corrected chi connectivity index (χ3v) is 1.99. The molecule has 0 atom stereocenters. The highest BCUT2D eigenvalue weighted by Crippen LogP contribution is 2.24. The molecule has 0 fully saturated rings. The molecule has 0 radical (unpaired) electrons. The summed E-state index contributed by atoms with van der Waals surface area (Å²) in [7, 11) is 0. The molecular formula is C11H8O5. The standard InChI is InChI=1S/C11H8O5/c1-6(12)15-9-5-7-3-2-4-8(13)10(7)11(14)16-9/h2-5,13H,1H3. The van der Waals surface area contributed by atoms with Crippen LogP contribution in [-0.2, 0) is 4.79 Å². The number of benzene rings is 1. The number of esters is 1. The summed E-state index contributed by atoms with van der Waals surface area (Å²) in [5.41, 5.74) is -0.744. The van der Waals surface area contributed by atoms with Gasteiger partial charge in [-0.25, -0.2) is 4.79 Å². The van der Waals surface area contributed by atoms with E-state index in [4.69, 9.17) is 4.42 Å². The Morgan fingerprint density at radius 1 is 1.44 bits per heavy atom. The Bertz CT molecular complexity index is 611. The quantitative estimate of drug-likeness (QED) is 0.735. The first kappa shape index (κ1) is 10.2. The first-order valence-corrected chi connectivity index (χ1v) is 4.52. The summed E-state index contributed by atoms with van der Waals surface area (Å²) in [5.74, 6) is -0.932. The summed E-state index contributed by atoms with van der Waals surface area (Å²) in [6.07, 6.45) is 0. The van der Waals surface area contributed by atoms with Crippen LogP contribution in [0.3, 0.4) is 0 Å². The van der Waals surface area contributed by atoms with Crippen molar-refractivity contribution in [1.29, 1.82) is 0 Å². The zero-order valence-corrected chi connectivity index (χ0v) is 8.39. The normalized spacial score (nSPS) is 10.3. The van der Waals surface area contributed by atoms with Gasteiger partial charge in [-0.3, -0.25) is 4.79 Å². The van der Waals surface area contributed by atoms with Crippen LogP contribution >= 0.6 is 0 Å². The van der Waals surface area contributed by atoms with E-state index in [1.54, 1.807) is 12.1 Å². The lowest BCUT2D eigenvalue weighted by Crippen LogP contribution is -2.06. The van der Waals surface area contributed by atoms with Crippen molar-refractivity contribution >= 4 is 16.7 Å². The maximum Gasteiger partial charge on any atom is 0.350 e. The minimum absolute atomic E-state index is 0.0680. The highest BCUT2D eigenvalue weighted by Gasteiger charge is 2.09. The number of rotatable bonds is 1. The van der Waals surface area contributed by atoms with E-state index in [1.165, 1.54) is 19.1 Å². The van der Waals surface area contributed by atoms with E-state index in [0.717, 1.165) is 0 Å². The molecular weight excluding hydrogens is 212 g/mol. The van der Waals surface area contributed by atoms with Crippen molar-refractivity contribution in [2.45, 2.75) is 6.92 Å². The molecule has 1 aromatic carbocycles. The van der Waals surface area contributed by atoms with Crippen LogP contribution in [0.15, 0.2) is 33.5 Å². The number of hydrogen-bond acceptors (Lipinski definition) is 5. The Morgan fingerprint density at radius 3 is 2.88 bits per heavy atom. The van der Waals surface area contributed by atoms with Crippen molar-refractivity contribution in [3.63, 3.8) is 0 Å². The lowest BCUT2D eigenvalue weighted by atomic mass is 10.2. The van der Waals surface area contributed by atoms with Gasteiger partial charge in [-0.1, -0.05) is 12.1 Å².